The van der Waals surface area contributed by atoms with Crippen molar-refractivity contribution in [3.8, 4) is 0 Å². The van der Waals surface area contributed by atoms with Crippen LogP contribution in [0, 0.1) is 11.6 Å². The molecular weight excluding hydrogens is 228 g/mol. The van der Waals surface area contributed by atoms with Crippen molar-refractivity contribution in [1.82, 2.24) is 0 Å². The Hall–Kier alpha value is -1.65. The van der Waals surface area contributed by atoms with Crippen molar-refractivity contribution in [2.24, 2.45) is 0 Å². The van der Waals surface area contributed by atoms with E-state index in [1.165, 1.54) is 0 Å². The second-order valence-electron chi connectivity index (χ2n) is 4.57. The van der Waals surface area contributed by atoms with E-state index in [0.29, 0.717) is 24.1 Å². The maximum atomic E-state index is 13.3. The van der Waals surface area contributed by atoms with Crippen LogP contribution < -0.4 is 4.90 Å². The van der Waals surface area contributed by atoms with Crippen molar-refractivity contribution in [3.63, 3.8) is 0 Å². The maximum absolute atomic E-state index is 13.3. The van der Waals surface area contributed by atoms with E-state index in [9.17, 15) is 18.7 Å². The van der Waals surface area contributed by atoms with E-state index >= 15 is 0 Å². The van der Waals surface area contributed by atoms with Crippen molar-refractivity contribution in [3.05, 3.63) is 29.3 Å². The Morgan fingerprint density at radius 3 is 2.24 bits per heavy atom. The molecule has 0 heterocycles. The van der Waals surface area contributed by atoms with Gasteiger partial charge in [0.2, 0.25) is 0 Å². The molecule has 0 aromatic heterocycles. The highest BCUT2D eigenvalue weighted by Gasteiger charge is 2.53. The Kier molecular flexibility index (Phi) is 2.56. The summed E-state index contributed by atoms with van der Waals surface area (Å²) in [5, 5.41) is 9.19. The van der Waals surface area contributed by atoms with Crippen LogP contribution in [-0.4, -0.2) is 25.2 Å². The van der Waals surface area contributed by atoms with Crippen LogP contribution in [0.25, 0.3) is 0 Å². The van der Waals surface area contributed by atoms with Gasteiger partial charge in [0, 0.05) is 25.8 Å². The summed E-state index contributed by atoms with van der Waals surface area (Å²) in [5.41, 5.74) is -0.258. The largest absolute Gasteiger partial charge is 0.481 e. The molecule has 1 fully saturated rings. The number of halogens is 2. The van der Waals surface area contributed by atoms with E-state index in [1.807, 2.05) is 0 Å². The molecule has 5 heteroatoms. The number of benzene rings is 1. The van der Waals surface area contributed by atoms with Gasteiger partial charge < -0.3 is 10.0 Å². The standard InChI is InChI=1S/C12H13F2NO2/c1-15(2)10-6-9(14)8(13)5-7(10)12(3-4-12)11(16)17/h5-6H,3-4H2,1-2H3,(H,16,17). The summed E-state index contributed by atoms with van der Waals surface area (Å²) in [5.74, 6) is -2.94. The van der Waals surface area contributed by atoms with Crippen molar-refractivity contribution in [2.75, 3.05) is 19.0 Å². The van der Waals surface area contributed by atoms with Crippen LogP contribution in [0.3, 0.4) is 0 Å². The number of nitrogens with zero attached hydrogens (tertiary/aromatic N) is 1. The van der Waals surface area contributed by atoms with Gasteiger partial charge in [0.05, 0.1) is 5.41 Å². The molecule has 0 spiro atoms. The summed E-state index contributed by atoms with van der Waals surface area (Å²) in [7, 11) is 3.35. The third-order valence-electron chi connectivity index (χ3n) is 3.20. The molecule has 0 saturated heterocycles. The molecule has 0 amide bonds. The van der Waals surface area contributed by atoms with Gasteiger partial charge in [0.15, 0.2) is 11.6 Å². The second kappa shape index (κ2) is 3.68. The van der Waals surface area contributed by atoms with Crippen molar-refractivity contribution >= 4 is 11.7 Å². The van der Waals surface area contributed by atoms with Crippen LogP contribution in [0.15, 0.2) is 12.1 Å². The van der Waals surface area contributed by atoms with Gasteiger partial charge >= 0.3 is 5.97 Å². The highest BCUT2D eigenvalue weighted by Crippen LogP contribution is 2.51. The lowest BCUT2D eigenvalue weighted by molar-refractivity contribution is -0.140. The summed E-state index contributed by atoms with van der Waals surface area (Å²) < 4.78 is 26.4. The molecule has 1 N–H and O–H groups in total. The van der Waals surface area contributed by atoms with Gasteiger partial charge in [-0.3, -0.25) is 4.79 Å². The fraction of sp³-hybridized carbons (Fsp3) is 0.417. The van der Waals surface area contributed by atoms with Gasteiger partial charge in [-0.05, 0) is 24.5 Å². The Morgan fingerprint density at radius 2 is 1.82 bits per heavy atom. The summed E-state index contributed by atoms with van der Waals surface area (Å²) in [6.45, 7) is 0. The number of carboxylic acid groups (broad SMARTS) is 1. The van der Waals surface area contributed by atoms with Crippen LogP contribution in [0.4, 0.5) is 14.5 Å². The molecule has 1 aliphatic carbocycles. The zero-order valence-electron chi connectivity index (χ0n) is 9.63. The van der Waals surface area contributed by atoms with Crippen LogP contribution in [-0.2, 0) is 10.2 Å². The predicted octanol–water partition coefficient (Wildman–Crippen LogP) is 2.15. The average molecular weight is 241 g/mol. The number of rotatable bonds is 3. The topological polar surface area (TPSA) is 40.5 Å². The molecule has 0 radical (unpaired) electrons. The van der Waals surface area contributed by atoms with Crippen LogP contribution in [0.1, 0.15) is 18.4 Å². The lowest BCUT2D eigenvalue weighted by Crippen LogP contribution is -2.24. The second-order valence-corrected chi connectivity index (χ2v) is 4.57. The normalized spacial score (nSPS) is 16.7. The van der Waals surface area contributed by atoms with Gasteiger partial charge in [-0.2, -0.15) is 0 Å². The minimum absolute atomic E-state index is 0.355. The van der Waals surface area contributed by atoms with E-state index in [-0.39, 0.29) is 0 Å². The Labute approximate surface area is 97.7 Å². The summed E-state index contributed by atoms with van der Waals surface area (Å²) in [6.07, 6.45) is 0.933. The Bertz CT molecular complexity index is 482. The minimum Gasteiger partial charge on any atom is -0.481 e. The van der Waals surface area contributed by atoms with E-state index in [4.69, 9.17) is 0 Å². The molecule has 0 aliphatic heterocycles. The third kappa shape index (κ3) is 1.75. The molecule has 3 nitrogen and oxygen atoms in total. The van der Waals surface area contributed by atoms with Gasteiger partial charge in [0.1, 0.15) is 0 Å². The van der Waals surface area contributed by atoms with E-state index in [2.05, 4.69) is 0 Å². The van der Waals surface area contributed by atoms with Crippen molar-refractivity contribution in [2.45, 2.75) is 18.3 Å². The lowest BCUT2D eigenvalue weighted by Gasteiger charge is -2.21. The van der Waals surface area contributed by atoms with Gasteiger partial charge in [-0.15, -0.1) is 0 Å². The van der Waals surface area contributed by atoms with Crippen molar-refractivity contribution < 1.29 is 18.7 Å². The number of carbonyl (C=O) groups is 1. The third-order valence-corrected chi connectivity index (χ3v) is 3.20. The molecule has 1 aromatic rings. The first-order chi connectivity index (χ1) is 7.88. The number of hydrogen-bond donors (Lipinski definition) is 1. The molecular formula is C12H13F2NO2. The Balaban J connectivity index is 2.60. The molecule has 0 bridgehead atoms. The monoisotopic (exact) mass is 241 g/mol. The average Bonchev–Trinajstić information content (AvgIpc) is 3.02. The fourth-order valence-corrected chi connectivity index (χ4v) is 2.01. The van der Waals surface area contributed by atoms with Gasteiger partial charge in [0.25, 0.3) is 0 Å². The smallest absolute Gasteiger partial charge is 0.314 e. The molecule has 17 heavy (non-hydrogen) atoms. The molecule has 1 aliphatic rings. The predicted molar refractivity (Wildman–Crippen MR) is 59.2 cm³/mol. The van der Waals surface area contributed by atoms with Crippen LogP contribution in [0.2, 0.25) is 0 Å². The number of aliphatic carboxylic acids is 1. The molecule has 2 rings (SSSR count). The van der Waals surface area contributed by atoms with E-state index in [1.54, 1.807) is 19.0 Å². The maximum Gasteiger partial charge on any atom is 0.314 e. The van der Waals surface area contributed by atoms with Crippen molar-refractivity contribution in [1.29, 1.82) is 0 Å². The first kappa shape index (κ1) is 11.8. The first-order valence-corrected chi connectivity index (χ1v) is 5.29. The molecule has 0 atom stereocenters. The molecule has 92 valence electrons. The zero-order valence-corrected chi connectivity index (χ0v) is 9.63. The zero-order chi connectivity index (χ0) is 12.8. The summed E-state index contributed by atoms with van der Waals surface area (Å²) in [6, 6.07) is 2.06. The van der Waals surface area contributed by atoms with Gasteiger partial charge in [-0.1, -0.05) is 0 Å². The first-order valence-electron chi connectivity index (χ1n) is 5.29. The summed E-state index contributed by atoms with van der Waals surface area (Å²) in [4.78, 5) is 12.8. The number of carboxylic acids is 1. The highest BCUT2D eigenvalue weighted by molar-refractivity contribution is 5.87. The minimum atomic E-state index is -1.03. The van der Waals surface area contributed by atoms with E-state index in [0.717, 1.165) is 12.1 Å². The Morgan fingerprint density at radius 1 is 1.29 bits per heavy atom. The summed E-state index contributed by atoms with van der Waals surface area (Å²) >= 11 is 0. The number of hydrogen-bond acceptors (Lipinski definition) is 2. The van der Waals surface area contributed by atoms with E-state index < -0.39 is 23.0 Å². The quantitative estimate of drug-likeness (QED) is 0.881. The SMILES string of the molecule is CN(C)c1cc(F)c(F)cc1C1(C(=O)O)CC1. The lowest BCUT2D eigenvalue weighted by atomic mass is 9.93. The highest BCUT2D eigenvalue weighted by atomic mass is 19.2. The molecule has 0 unspecified atom stereocenters. The van der Waals surface area contributed by atoms with Crippen LogP contribution >= 0.6 is 0 Å². The molecule has 1 aromatic carbocycles. The molecule has 1 saturated carbocycles. The number of anilines is 1. The fourth-order valence-electron chi connectivity index (χ4n) is 2.01. The van der Waals surface area contributed by atoms with Gasteiger partial charge in [-0.25, -0.2) is 8.78 Å². The van der Waals surface area contributed by atoms with Crippen LogP contribution in [0.5, 0.6) is 0 Å².